The maximum atomic E-state index is 11.5. The Kier molecular flexibility index (Phi) is 5.13. The summed E-state index contributed by atoms with van der Waals surface area (Å²) in [5, 5.41) is 0.829. The summed E-state index contributed by atoms with van der Waals surface area (Å²) in [6.45, 7) is 0. The molecule has 0 aliphatic rings. The van der Waals surface area contributed by atoms with E-state index in [9.17, 15) is 9.59 Å². The Labute approximate surface area is 105 Å². The highest BCUT2D eigenvalue weighted by molar-refractivity contribution is 5.84. The molecule has 0 aliphatic heterocycles. The normalized spacial score (nSPS) is 11.7. The number of nitrogens with two attached hydrogens (primary N) is 1. The number of carbonyl (C=O) groups excluding carboxylic acids is 2. The van der Waals surface area contributed by atoms with Gasteiger partial charge in [-0.2, -0.15) is 5.06 Å². The van der Waals surface area contributed by atoms with Gasteiger partial charge < -0.3 is 10.5 Å². The van der Waals surface area contributed by atoms with Crippen LogP contribution >= 0.6 is 0 Å². The van der Waals surface area contributed by atoms with Crippen LogP contribution in [0.4, 0.5) is 4.79 Å². The highest BCUT2D eigenvalue weighted by Crippen LogP contribution is 2.10. The van der Waals surface area contributed by atoms with E-state index in [2.05, 4.69) is 4.74 Å². The van der Waals surface area contributed by atoms with E-state index in [0.717, 1.165) is 10.6 Å². The van der Waals surface area contributed by atoms with Crippen LogP contribution in [0.1, 0.15) is 5.56 Å². The van der Waals surface area contributed by atoms with Crippen LogP contribution in [0, 0.1) is 0 Å². The Morgan fingerprint density at radius 3 is 2.33 bits per heavy atom. The number of benzene rings is 1. The fourth-order valence-electron chi connectivity index (χ4n) is 1.56. The Morgan fingerprint density at radius 1 is 1.28 bits per heavy atom. The summed E-state index contributed by atoms with van der Waals surface area (Å²) < 4.78 is 4.53. The molecule has 2 N–H and O–H groups in total. The molecule has 2 amide bonds. The van der Waals surface area contributed by atoms with E-state index in [0.29, 0.717) is 0 Å². The zero-order valence-corrected chi connectivity index (χ0v) is 10.3. The predicted molar refractivity (Wildman–Crippen MR) is 64.4 cm³/mol. The molecule has 18 heavy (non-hydrogen) atoms. The molecule has 6 nitrogen and oxygen atoms in total. The monoisotopic (exact) mass is 252 g/mol. The number of primary amides is 1. The van der Waals surface area contributed by atoms with Crippen LogP contribution in [-0.4, -0.2) is 37.3 Å². The number of hydroxylamine groups is 2. The van der Waals surface area contributed by atoms with Gasteiger partial charge in [0, 0.05) is 6.42 Å². The zero-order chi connectivity index (χ0) is 13.5. The van der Waals surface area contributed by atoms with Crippen LogP contribution in [-0.2, 0) is 20.8 Å². The second-order valence-corrected chi connectivity index (χ2v) is 3.59. The van der Waals surface area contributed by atoms with Gasteiger partial charge in [0.2, 0.25) is 5.91 Å². The summed E-state index contributed by atoms with van der Waals surface area (Å²) in [5.74, 6) is -0.661. The largest absolute Gasteiger partial charge is 0.451 e. The molecule has 0 aliphatic carbocycles. The van der Waals surface area contributed by atoms with Gasteiger partial charge in [-0.3, -0.25) is 9.63 Å². The summed E-state index contributed by atoms with van der Waals surface area (Å²) in [7, 11) is 2.48. The lowest BCUT2D eigenvalue weighted by Crippen LogP contribution is -2.48. The summed E-state index contributed by atoms with van der Waals surface area (Å²) >= 11 is 0. The summed E-state index contributed by atoms with van der Waals surface area (Å²) in [4.78, 5) is 27.7. The average Bonchev–Trinajstić information content (AvgIpc) is 2.39. The molecule has 1 rings (SSSR count). The minimum atomic E-state index is -0.912. The van der Waals surface area contributed by atoms with Crippen LogP contribution < -0.4 is 5.73 Å². The smallest absolute Gasteiger partial charge is 0.434 e. The molecule has 1 aromatic carbocycles. The lowest BCUT2D eigenvalue weighted by Gasteiger charge is -2.25. The van der Waals surface area contributed by atoms with Crippen molar-refractivity contribution in [1.82, 2.24) is 5.06 Å². The number of carbonyl (C=O) groups is 2. The fourth-order valence-corrected chi connectivity index (χ4v) is 1.56. The lowest BCUT2D eigenvalue weighted by molar-refractivity contribution is -0.154. The Morgan fingerprint density at radius 2 is 1.89 bits per heavy atom. The third kappa shape index (κ3) is 3.46. The number of methoxy groups -OCH3 is 1. The second kappa shape index (κ2) is 6.61. The van der Waals surface area contributed by atoms with E-state index in [4.69, 9.17) is 10.6 Å². The minimum absolute atomic E-state index is 0.263. The van der Waals surface area contributed by atoms with Crippen molar-refractivity contribution < 1.29 is 19.2 Å². The number of rotatable bonds is 5. The van der Waals surface area contributed by atoms with Gasteiger partial charge in [-0.15, -0.1) is 0 Å². The van der Waals surface area contributed by atoms with Crippen molar-refractivity contribution in [3.8, 4) is 0 Å². The molecule has 1 atom stereocenters. The van der Waals surface area contributed by atoms with Crippen molar-refractivity contribution in [2.24, 2.45) is 5.73 Å². The van der Waals surface area contributed by atoms with Gasteiger partial charge in [0.15, 0.2) is 0 Å². The molecule has 0 saturated heterocycles. The molecular formula is C12H16N2O4. The van der Waals surface area contributed by atoms with Crippen LogP contribution in [0.3, 0.4) is 0 Å². The van der Waals surface area contributed by atoms with Gasteiger partial charge in [-0.25, -0.2) is 4.79 Å². The number of amides is 2. The zero-order valence-electron chi connectivity index (χ0n) is 10.3. The summed E-state index contributed by atoms with van der Waals surface area (Å²) in [5.41, 5.74) is 6.15. The first-order valence-corrected chi connectivity index (χ1v) is 5.34. The molecule has 1 aromatic rings. The van der Waals surface area contributed by atoms with Crippen molar-refractivity contribution in [3.63, 3.8) is 0 Å². The maximum absolute atomic E-state index is 11.5. The Balaban J connectivity index is 2.88. The van der Waals surface area contributed by atoms with E-state index >= 15 is 0 Å². The van der Waals surface area contributed by atoms with Gasteiger partial charge in [0.05, 0.1) is 14.2 Å². The summed E-state index contributed by atoms with van der Waals surface area (Å²) in [6.07, 6.45) is -0.503. The third-order valence-electron chi connectivity index (χ3n) is 2.43. The number of nitrogens with zero attached hydrogens (tertiary/aromatic N) is 1. The first-order chi connectivity index (χ1) is 8.60. The van der Waals surface area contributed by atoms with Crippen molar-refractivity contribution in [3.05, 3.63) is 35.9 Å². The topological polar surface area (TPSA) is 81.9 Å². The molecule has 0 bridgehead atoms. The van der Waals surface area contributed by atoms with Gasteiger partial charge in [-0.05, 0) is 5.56 Å². The third-order valence-corrected chi connectivity index (χ3v) is 2.43. The second-order valence-electron chi connectivity index (χ2n) is 3.59. The Bertz CT molecular complexity index is 408. The van der Waals surface area contributed by atoms with Crippen LogP contribution in [0.5, 0.6) is 0 Å². The fraction of sp³-hybridized carbons (Fsp3) is 0.333. The molecule has 6 heteroatoms. The van der Waals surface area contributed by atoms with Crippen LogP contribution in [0.25, 0.3) is 0 Å². The quantitative estimate of drug-likeness (QED) is 0.782. The first-order valence-electron chi connectivity index (χ1n) is 5.34. The highest BCUT2D eigenvalue weighted by Gasteiger charge is 2.29. The Hall–Kier alpha value is -2.08. The number of hydrogen-bond donors (Lipinski definition) is 1. The van der Waals surface area contributed by atoms with Gasteiger partial charge in [0.25, 0.3) is 0 Å². The minimum Gasteiger partial charge on any atom is -0.451 e. The molecule has 0 aromatic heterocycles. The first kappa shape index (κ1) is 14.0. The molecule has 0 spiro atoms. The maximum Gasteiger partial charge on any atom is 0.434 e. The van der Waals surface area contributed by atoms with E-state index < -0.39 is 18.0 Å². The molecular weight excluding hydrogens is 236 g/mol. The molecule has 0 fully saturated rings. The SMILES string of the molecule is COC(=O)N(OC)[C@H](Cc1ccccc1)C(N)=O. The average molecular weight is 252 g/mol. The van der Waals surface area contributed by atoms with Crippen LogP contribution in [0.2, 0.25) is 0 Å². The van der Waals surface area contributed by atoms with E-state index in [1.807, 2.05) is 30.3 Å². The van der Waals surface area contributed by atoms with E-state index in [1.54, 1.807) is 0 Å². The predicted octanol–water partition coefficient (Wildman–Crippen LogP) is 0.713. The molecule has 0 radical (unpaired) electrons. The highest BCUT2D eigenvalue weighted by atomic mass is 16.7. The van der Waals surface area contributed by atoms with E-state index in [1.165, 1.54) is 14.2 Å². The number of ether oxygens (including phenoxy) is 1. The van der Waals surface area contributed by atoms with Gasteiger partial charge >= 0.3 is 6.09 Å². The molecule has 0 heterocycles. The van der Waals surface area contributed by atoms with Crippen LogP contribution in [0.15, 0.2) is 30.3 Å². The molecule has 98 valence electrons. The lowest BCUT2D eigenvalue weighted by atomic mass is 10.1. The van der Waals surface area contributed by atoms with Gasteiger partial charge in [0.1, 0.15) is 6.04 Å². The van der Waals surface area contributed by atoms with Crippen molar-refractivity contribution in [1.29, 1.82) is 0 Å². The van der Waals surface area contributed by atoms with E-state index in [-0.39, 0.29) is 6.42 Å². The standard InChI is InChI=1S/C12H16N2O4/c1-17-12(16)14(18-2)10(11(13)15)8-9-6-4-3-5-7-9/h3-7,10H,8H2,1-2H3,(H2,13,15)/t10-/m1/s1. The number of hydrogen-bond acceptors (Lipinski definition) is 4. The summed E-state index contributed by atoms with van der Waals surface area (Å²) in [6, 6.07) is 8.29. The molecule has 0 saturated carbocycles. The van der Waals surface area contributed by atoms with Crippen molar-refractivity contribution in [2.75, 3.05) is 14.2 Å². The van der Waals surface area contributed by atoms with Gasteiger partial charge in [-0.1, -0.05) is 30.3 Å². The van der Waals surface area contributed by atoms with Crippen molar-refractivity contribution >= 4 is 12.0 Å². The van der Waals surface area contributed by atoms with Crippen molar-refractivity contribution in [2.45, 2.75) is 12.5 Å². The molecule has 0 unspecified atom stereocenters.